The minimum Gasteiger partial charge on any atom is -0.494 e. The Bertz CT molecular complexity index is 1030. The Morgan fingerprint density at radius 2 is 1.73 bits per heavy atom. The van der Waals surface area contributed by atoms with Crippen molar-refractivity contribution in [2.75, 3.05) is 6.61 Å². The number of hydrogen-bond donors (Lipinski definition) is 0. The van der Waals surface area contributed by atoms with Crippen molar-refractivity contribution in [2.45, 2.75) is 38.5 Å². The summed E-state index contributed by atoms with van der Waals surface area (Å²) in [4.78, 5) is 0. The molecule has 0 saturated heterocycles. The first-order chi connectivity index (χ1) is 14.8. The van der Waals surface area contributed by atoms with Gasteiger partial charge in [0.05, 0.1) is 18.4 Å². The van der Waals surface area contributed by atoms with Crippen LogP contribution < -0.4 is 9.47 Å². The van der Waals surface area contributed by atoms with E-state index in [0.717, 1.165) is 54.2 Å². The van der Waals surface area contributed by atoms with E-state index in [4.69, 9.17) is 14.6 Å². The van der Waals surface area contributed by atoms with Crippen LogP contribution in [0, 0.1) is 0 Å². The van der Waals surface area contributed by atoms with E-state index in [1.807, 2.05) is 36.4 Å². The number of ether oxygens (including phenoxy) is 2. The van der Waals surface area contributed by atoms with Gasteiger partial charge in [0, 0.05) is 17.5 Å². The van der Waals surface area contributed by atoms with Gasteiger partial charge in [-0.25, -0.2) is 5.01 Å². The molecule has 2 aliphatic heterocycles. The van der Waals surface area contributed by atoms with Gasteiger partial charge in [-0.15, -0.1) is 0 Å². The molecule has 0 unspecified atom stereocenters. The molecule has 0 spiro atoms. The largest absolute Gasteiger partial charge is 0.494 e. The molecule has 4 nitrogen and oxygen atoms in total. The predicted octanol–water partition coefficient (Wildman–Crippen LogP) is 6.11. The second-order valence-electron chi connectivity index (χ2n) is 7.79. The van der Waals surface area contributed by atoms with Gasteiger partial charge in [0.25, 0.3) is 0 Å². The van der Waals surface area contributed by atoms with Crippen molar-refractivity contribution < 1.29 is 9.47 Å². The van der Waals surface area contributed by atoms with Crippen molar-refractivity contribution in [1.29, 1.82) is 0 Å². The predicted molar refractivity (Wildman–Crippen MR) is 119 cm³/mol. The van der Waals surface area contributed by atoms with Gasteiger partial charge in [0.15, 0.2) is 0 Å². The van der Waals surface area contributed by atoms with E-state index in [1.165, 1.54) is 5.56 Å². The smallest absolute Gasteiger partial charge is 0.213 e. The van der Waals surface area contributed by atoms with E-state index in [0.29, 0.717) is 0 Å². The zero-order chi connectivity index (χ0) is 20.3. The minimum absolute atomic E-state index is 0.177. The maximum absolute atomic E-state index is 6.39. The van der Waals surface area contributed by atoms with Crippen molar-refractivity contribution in [1.82, 2.24) is 5.01 Å². The molecular formula is C26H26N2O2. The zero-order valence-electron chi connectivity index (χ0n) is 17.2. The van der Waals surface area contributed by atoms with Gasteiger partial charge in [-0.1, -0.05) is 61.9 Å². The Morgan fingerprint density at radius 3 is 2.53 bits per heavy atom. The van der Waals surface area contributed by atoms with Crippen LogP contribution in [0.15, 0.2) is 84.0 Å². The quantitative estimate of drug-likeness (QED) is 0.470. The fourth-order valence-electron chi connectivity index (χ4n) is 4.12. The number of benzene rings is 3. The van der Waals surface area contributed by atoms with Crippen LogP contribution in [0.25, 0.3) is 0 Å². The van der Waals surface area contributed by atoms with Crippen molar-refractivity contribution in [3.05, 3.63) is 95.6 Å². The summed E-state index contributed by atoms with van der Waals surface area (Å²) in [6.07, 6.45) is 2.85. The highest BCUT2D eigenvalue weighted by molar-refractivity contribution is 6.02. The van der Waals surface area contributed by atoms with Crippen molar-refractivity contribution in [3.8, 4) is 11.5 Å². The summed E-state index contributed by atoms with van der Waals surface area (Å²) in [5, 5.41) is 7.15. The van der Waals surface area contributed by atoms with E-state index >= 15 is 0 Å². The van der Waals surface area contributed by atoms with E-state index in [2.05, 4.69) is 54.4 Å². The van der Waals surface area contributed by atoms with Gasteiger partial charge in [0.2, 0.25) is 6.23 Å². The van der Waals surface area contributed by atoms with E-state index in [9.17, 15) is 0 Å². The summed E-state index contributed by atoms with van der Waals surface area (Å²) in [6, 6.07) is 27.1. The molecule has 2 aliphatic rings. The van der Waals surface area contributed by atoms with Crippen molar-refractivity contribution in [3.63, 3.8) is 0 Å². The third-order valence-electron chi connectivity index (χ3n) is 5.74. The van der Waals surface area contributed by atoms with Gasteiger partial charge in [-0.3, -0.25) is 0 Å². The highest BCUT2D eigenvalue weighted by atomic mass is 16.5. The van der Waals surface area contributed by atoms with Crippen molar-refractivity contribution >= 4 is 5.71 Å². The molecule has 152 valence electrons. The molecule has 0 bridgehead atoms. The van der Waals surface area contributed by atoms with Crippen molar-refractivity contribution in [2.24, 2.45) is 5.10 Å². The fraction of sp³-hybridized carbons (Fsp3) is 0.269. The van der Waals surface area contributed by atoms with Gasteiger partial charge >= 0.3 is 0 Å². The standard InChI is InChI=1S/C26H26N2O2/c1-2-3-17-29-21-15-13-19(14-16-21)23-18-24-22-11-7-8-12-25(22)30-26(28(24)27-23)20-9-5-4-6-10-20/h4-16,24,26H,2-3,17-18H2,1H3/t24-,26-/m0/s1. The molecule has 0 aliphatic carbocycles. The van der Waals surface area contributed by atoms with Gasteiger partial charge < -0.3 is 9.47 Å². The van der Waals surface area contributed by atoms with Gasteiger partial charge in [-0.2, -0.15) is 5.10 Å². The molecule has 0 saturated carbocycles. The van der Waals surface area contributed by atoms with E-state index < -0.39 is 0 Å². The van der Waals surface area contributed by atoms with Crippen LogP contribution in [0.5, 0.6) is 11.5 Å². The van der Waals surface area contributed by atoms with Crippen LogP contribution >= 0.6 is 0 Å². The minimum atomic E-state index is -0.222. The molecule has 2 heterocycles. The summed E-state index contributed by atoms with van der Waals surface area (Å²) >= 11 is 0. The average molecular weight is 399 g/mol. The zero-order valence-corrected chi connectivity index (χ0v) is 17.2. The number of fused-ring (bicyclic) bond motifs is 3. The molecule has 4 heteroatoms. The SMILES string of the molecule is CCCCOc1ccc(C2=NN3[C@@H](C2)c2ccccc2O[C@H]3c2ccccc2)cc1. The maximum atomic E-state index is 6.39. The molecule has 2 atom stereocenters. The van der Waals surface area contributed by atoms with Gasteiger partial charge in [0.1, 0.15) is 11.5 Å². The van der Waals surface area contributed by atoms with Crippen LogP contribution in [-0.2, 0) is 0 Å². The highest BCUT2D eigenvalue weighted by Crippen LogP contribution is 2.47. The molecule has 0 fully saturated rings. The molecule has 0 radical (unpaired) electrons. The summed E-state index contributed by atoms with van der Waals surface area (Å²) in [6.45, 7) is 2.93. The van der Waals surface area contributed by atoms with Gasteiger partial charge in [-0.05, 0) is 42.3 Å². The lowest BCUT2D eigenvalue weighted by Crippen LogP contribution is -2.33. The molecule has 0 N–H and O–H groups in total. The molecule has 5 rings (SSSR count). The topological polar surface area (TPSA) is 34.1 Å². The first kappa shape index (κ1) is 18.7. The second kappa shape index (κ2) is 8.23. The second-order valence-corrected chi connectivity index (χ2v) is 7.79. The van der Waals surface area contributed by atoms with Crippen LogP contribution in [-0.4, -0.2) is 17.3 Å². The number of hydrazone groups is 1. The lowest BCUT2D eigenvalue weighted by molar-refractivity contribution is -0.0190. The van der Waals surface area contributed by atoms with Crippen LogP contribution in [0.1, 0.15) is 55.1 Å². The first-order valence-electron chi connectivity index (χ1n) is 10.7. The summed E-state index contributed by atoms with van der Waals surface area (Å²) in [7, 11) is 0. The molecule has 0 aromatic heterocycles. The Balaban J connectivity index is 1.44. The first-order valence-corrected chi connectivity index (χ1v) is 10.7. The lowest BCUT2D eigenvalue weighted by Gasteiger charge is -2.38. The summed E-state index contributed by atoms with van der Waals surface area (Å²) < 4.78 is 12.2. The highest BCUT2D eigenvalue weighted by Gasteiger charge is 2.40. The van der Waals surface area contributed by atoms with E-state index in [-0.39, 0.29) is 12.3 Å². The van der Waals surface area contributed by atoms with Crippen LogP contribution in [0.3, 0.4) is 0 Å². The summed E-state index contributed by atoms with van der Waals surface area (Å²) in [5.74, 6) is 1.86. The van der Waals surface area contributed by atoms with Crippen LogP contribution in [0.4, 0.5) is 0 Å². The number of para-hydroxylation sites is 1. The molecular weight excluding hydrogens is 372 g/mol. The normalized spacial score (nSPS) is 19.5. The van der Waals surface area contributed by atoms with E-state index in [1.54, 1.807) is 0 Å². The number of hydrogen-bond acceptors (Lipinski definition) is 4. The summed E-state index contributed by atoms with van der Waals surface area (Å²) in [5.41, 5.74) is 4.53. The third kappa shape index (κ3) is 3.54. The number of rotatable bonds is 6. The third-order valence-corrected chi connectivity index (χ3v) is 5.74. The molecule has 3 aromatic carbocycles. The Hall–Kier alpha value is -3.27. The Morgan fingerprint density at radius 1 is 0.967 bits per heavy atom. The Kier molecular flexibility index (Phi) is 5.14. The van der Waals surface area contributed by atoms with Crippen LogP contribution in [0.2, 0.25) is 0 Å². The Labute approximate surface area is 177 Å². The number of unbranched alkanes of at least 4 members (excludes halogenated alkanes) is 1. The molecule has 0 amide bonds. The molecule has 3 aromatic rings. The lowest BCUT2D eigenvalue weighted by atomic mass is 9.96. The number of nitrogens with zero attached hydrogens (tertiary/aromatic N) is 2. The average Bonchev–Trinajstić information content (AvgIpc) is 3.25. The monoisotopic (exact) mass is 398 g/mol. The fourth-order valence-corrected chi connectivity index (χ4v) is 4.12. The molecule has 30 heavy (non-hydrogen) atoms. The maximum Gasteiger partial charge on any atom is 0.213 e.